The Hall–Kier alpha value is -2.21. The Morgan fingerprint density at radius 2 is 1.94 bits per heavy atom. The molecule has 1 aromatic carbocycles. The van der Waals surface area contributed by atoms with E-state index in [1.807, 2.05) is 6.20 Å². The molecule has 6 nitrogen and oxygen atoms in total. The van der Waals surface area contributed by atoms with Crippen molar-refractivity contribution >= 4 is 5.69 Å². The number of nitrogens with one attached hydrogen (secondary N) is 2. The van der Waals surface area contributed by atoms with Gasteiger partial charge in [0.15, 0.2) is 0 Å². The van der Waals surface area contributed by atoms with Gasteiger partial charge in [-0.1, -0.05) is 12.1 Å². The maximum absolute atomic E-state index is 10.5. The molecule has 0 radical (unpaired) electrons. The van der Waals surface area contributed by atoms with Crippen molar-refractivity contribution in [2.45, 2.75) is 13.1 Å². The summed E-state index contributed by atoms with van der Waals surface area (Å²) in [6, 6.07) is 6.52. The molecule has 0 fully saturated rings. The Bertz CT molecular complexity index is 479. The second-order valence-corrected chi connectivity index (χ2v) is 3.63. The van der Waals surface area contributed by atoms with Gasteiger partial charge in [0.1, 0.15) is 0 Å². The van der Waals surface area contributed by atoms with Crippen molar-refractivity contribution in [3.8, 4) is 0 Å². The van der Waals surface area contributed by atoms with E-state index in [2.05, 4.69) is 15.5 Å². The highest BCUT2D eigenvalue weighted by molar-refractivity contribution is 5.32. The molecule has 2 rings (SSSR count). The quantitative estimate of drug-likeness (QED) is 0.606. The van der Waals surface area contributed by atoms with Crippen molar-refractivity contribution in [2.75, 3.05) is 0 Å². The molecule has 1 heterocycles. The molecule has 0 spiro atoms. The fraction of sp³-hybridized carbons (Fsp3) is 0.182. The number of hydrogen-bond acceptors (Lipinski definition) is 4. The minimum atomic E-state index is -0.400. The van der Waals surface area contributed by atoms with E-state index in [1.165, 1.54) is 12.1 Å². The lowest BCUT2D eigenvalue weighted by molar-refractivity contribution is -0.384. The molecule has 0 atom stereocenters. The molecule has 17 heavy (non-hydrogen) atoms. The fourth-order valence-electron chi connectivity index (χ4n) is 1.46. The highest BCUT2D eigenvalue weighted by Gasteiger charge is 2.03. The van der Waals surface area contributed by atoms with E-state index < -0.39 is 4.92 Å². The van der Waals surface area contributed by atoms with Crippen molar-refractivity contribution in [2.24, 2.45) is 0 Å². The van der Waals surface area contributed by atoms with Crippen molar-refractivity contribution < 1.29 is 4.92 Å². The minimum absolute atomic E-state index is 0.114. The summed E-state index contributed by atoms with van der Waals surface area (Å²) in [4.78, 5) is 10.1. The van der Waals surface area contributed by atoms with Gasteiger partial charge in [0.25, 0.3) is 5.69 Å². The number of nitro groups is 1. The lowest BCUT2D eigenvalue weighted by Gasteiger charge is -2.02. The maximum Gasteiger partial charge on any atom is 0.269 e. The summed E-state index contributed by atoms with van der Waals surface area (Å²) in [7, 11) is 0. The van der Waals surface area contributed by atoms with E-state index in [9.17, 15) is 10.1 Å². The summed E-state index contributed by atoms with van der Waals surface area (Å²) in [5, 5.41) is 20.3. The fourth-order valence-corrected chi connectivity index (χ4v) is 1.46. The number of H-pyrrole nitrogens is 1. The predicted octanol–water partition coefficient (Wildman–Crippen LogP) is 1.61. The van der Waals surface area contributed by atoms with Crippen molar-refractivity contribution in [1.29, 1.82) is 0 Å². The normalized spacial score (nSPS) is 10.4. The van der Waals surface area contributed by atoms with Crippen LogP contribution in [0.3, 0.4) is 0 Å². The summed E-state index contributed by atoms with van der Waals surface area (Å²) in [6.07, 6.45) is 3.58. The lowest BCUT2D eigenvalue weighted by atomic mass is 10.2. The van der Waals surface area contributed by atoms with Gasteiger partial charge < -0.3 is 5.32 Å². The molecule has 2 N–H and O–H groups in total. The third-order valence-corrected chi connectivity index (χ3v) is 2.36. The molecular weight excluding hydrogens is 220 g/mol. The van der Waals surface area contributed by atoms with Gasteiger partial charge in [0, 0.05) is 37.0 Å². The van der Waals surface area contributed by atoms with Crippen molar-refractivity contribution in [1.82, 2.24) is 15.5 Å². The van der Waals surface area contributed by atoms with Crippen LogP contribution in [0, 0.1) is 10.1 Å². The van der Waals surface area contributed by atoms with Crippen molar-refractivity contribution in [3.63, 3.8) is 0 Å². The van der Waals surface area contributed by atoms with E-state index in [0.29, 0.717) is 13.1 Å². The first-order chi connectivity index (χ1) is 8.25. The average molecular weight is 232 g/mol. The van der Waals surface area contributed by atoms with Crippen LogP contribution in [0.25, 0.3) is 0 Å². The second-order valence-electron chi connectivity index (χ2n) is 3.63. The molecule has 0 unspecified atom stereocenters. The zero-order chi connectivity index (χ0) is 12.1. The van der Waals surface area contributed by atoms with Gasteiger partial charge in [-0.2, -0.15) is 5.10 Å². The number of aromatic nitrogens is 2. The largest absolute Gasteiger partial charge is 0.309 e. The monoisotopic (exact) mass is 232 g/mol. The molecule has 0 aliphatic heterocycles. The van der Waals surface area contributed by atoms with Crippen LogP contribution in [-0.2, 0) is 13.1 Å². The highest BCUT2D eigenvalue weighted by atomic mass is 16.6. The first-order valence-corrected chi connectivity index (χ1v) is 5.17. The Morgan fingerprint density at radius 3 is 2.53 bits per heavy atom. The first-order valence-electron chi connectivity index (χ1n) is 5.17. The van der Waals surface area contributed by atoms with Crippen LogP contribution in [0.5, 0.6) is 0 Å². The molecular formula is C11H12N4O2. The van der Waals surface area contributed by atoms with Crippen LogP contribution in [-0.4, -0.2) is 15.1 Å². The molecule has 88 valence electrons. The van der Waals surface area contributed by atoms with Gasteiger partial charge in [-0.05, 0) is 5.56 Å². The third-order valence-electron chi connectivity index (χ3n) is 2.36. The molecule has 1 aromatic heterocycles. The maximum atomic E-state index is 10.5. The smallest absolute Gasteiger partial charge is 0.269 e. The van der Waals surface area contributed by atoms with Crippen LogP contribution in [0.2, 0.25) is 0 Å². The number of non-ortho nitro benzene ring substituents is 1. The van der Waals surface area contributed by atoms with Gasteiger partial charge in [0.05, 0.1) is 11.1 Å². The third kappa shape index (κ3) is 3.12. The Morgan fingerprint density at radius 1 is 1.24 bits per heavy atom. The summed E-state index contributed by atoms with van der Waals surface area (Å²) in [5.74, 6) is 0. The van der Waals surface area contributed by atoms with Crippen LogP contribution in [0.1, 0.15) is 11.1 Å². The highest BCUT2D eigenvalue weighted by Crippen LogP contribution is 2.11. The summed E-state index contributed by atoms with van der Waals surface area (Å²) >= 11 is 0. The van der Waals surface area contributed by atoms with E-state index >= 15 is 0 Å². The Labute approximate surface area is 97.8 Å². The standard InChI is InChI=1S/C11H12N4O2/c16-15(17)11-3-1-9(2-4-11)5-12-6-10-7-13-14-8-10/h1-4,7-8,12H,5-6H2,(H,13,14). The molecule has 2 aromatic rings. The zero-order valence-electron chi connectivity index (χ0n) is 9.09. The van der Waals surface area contributed by atoms with E-state index in [1.54, 1.807) is 18.3 Å². The lowest BCUT2D eigenvalue weighted by Crippen LogP contribution is -2.12. The number of benzene rings is 1. The molecule has 0 saturated heterocycles. The van der Waals surface area contributed by atoms with Gasteiger partial charge in [-0.3, -0.25) is 15.2 Å². The van der Waals surface area contributed by atoms with Gasteiger partial charge >= 0.3 is 0 Å². The SMILES string of the molecule is O=[N+]([O-])c1ccc(CNCc2cn[nH]c2)cc1. The summed E-state index contributed by atoms with van der Waals surface area (Å²) < 4.78 is 0. The van der Waals surface area contributed by atoms with E-state index in [-0.39, 0.29) is 5.69 Å². The summed E-state index contributed by atoms with van der Waals surface area (Å²) in [5.41, 5.74) is 2.20. The number of aromatic amines is 1. The van der Waals surface area contributed by atoms with Crippen LogP contribution < -0.4 is 5.32 Å². The summed E-state index contributed by atoms with van der Waals surface area (Å²) in [6.45, 7) is 1.39. The van der Waals surface area contributed by atoms with Crippen LogP contribution >= 0.6 is 0 Å². The second kappa shape index (κ2) is 5.22. The Kier molecular flexibility index (Phi) is 3.46. The Balaban J connectivity index is 1.85. The van der Waals surface area contributed by atoms with Crippen LogP contribution in [0.4, 0.5) is 5.69 Å². The predicted molar refractivity (Wildman–Crippen MR) is 62.2 cm³/mol. The number of hydrogen-bond donors (Lipinski definition) is 2. The van der Waals surface area contributed by atoms with E-state index in [4.69, 9.17) is 0 Å². The average Bonchev–Trinajstić information content (AvgIpc) is 2.83. The molecule has 0 bridgehead atoms. The first kappa shape index (κ1) is 11.3. The number of nitrogens with zero attached hydrogens (tertiary/aromatic N) is 2. The van der Waals surface area contributed by atoms with Crippen molar-refractivity contribution in [3.05, 3.63) is 57.9 Å². The minimum Gasteiger partial charge on any atom is -0.309 e. The topological polar surface area (TPSA) is 83.8 Å². The molecule has 0 aliphatic rings. The molecule has 6 heteroatoms. The number of nitro benzene ring substituents is 1. The molecule has 0 amide bonds. The zero-order valence-corrected chi connectivity index (χ0v) is 9.09. The number of rotatable bonds is 5. The molecule has 0 saturated carbocycles. The van der Waals surface area contributed by atoms with Crippen LogP contribution in [0.15, 0.2) is 36.7 Å². The molecule has 0 aliphatic carbocycles. The van der Waals surface area contributed by atoms with E-state index in [0.717, 1.165) is 11.1 Å². The van der Waals surface area contributed by atoms with Gasteiger partial charge in [-0.15, -0.1) is 0 Å². The van der Waals surface area contributed by atoms with Gasteiger partial charge in [0.2, 0.25) is 0 Å². The van der Waals surface area contributed by atoms with Gasteiger partial charge in [-0.25, -0.2) is 0 Å².